The first-order chi connectivity index (χ1) is 12.9. The number of benzene rings is 1. The molecule has 0 aliphatic carbocycles. The van der Waals surface area contributed by atoms with Crippen molar-refractivity contribution in [2.75, 3.05) is 6.54 Å². The Hall–Kier alpha value is -1.37. The second-order valence-electron chi connectivity index (χ2n) is 5.65. The van der Waals surface area contributed by atoms with Crippen LogP contribution in [0.3, 0.4) is 0 Å². The van der Waals surface area contributed by atoms with Crippen molar-refractivity contribution < 1.29 is 4.79 Å². The Morgan fingerprint density at radius 2 is 1.74 bits per heavy atom. The lowest BCUT2D eigenvalue weighted by Gasteiger charge is -2.09. The van der Waals surface area contributed by atoms with Gasteiger partial charge in [-0.15, -0.1) is 11.3 Å². The third kappa shape index (κ3) is 4.73. The van der Waals surface area contributed by atoms with Crippen LogP contribution >= 0.6 is 57.7 Å². The van der Waals surface area contributed by atoms with E-state index < -0.39 is 5.91 Å². The summed E-state index contributed by atoms with van der Waals surface area (Å²) in [6, 6.07) is 8.06. The number of aryl methyl sites for hydroxylation is 1. The van der Waals surface area contributed by atoms with Gasteiger partial charge in [0.05, 0.1) is 25.8 Å². The van der Waals surface area contributed by atoms with Crippen LogP contribution in [0.2, 0.25) is 20.2 Å². The van der Waals surface area contributed by atoms with E-state index in [-0.39, 0.29) is 25.9 Å². The highest BCUT2D eigenvalue weighted by Gasteiger charge is 2.19. The van der Waals surface area contributed by atoms with Crippen LogP contribution in [0.25, 0.3) is 11.3 Å². The van der Waals surface area contributed by atoms with Gasteiger partial charge in [0, 0.05) is 17.5 Å². The van der Waals surface area contributed by atoms with Crippen molar-refractivity contribution in [3.8, 4) is 11.3 Å². The van der Waals surface area contributed by atoms with E-state index in [0.29, 0.717) is 13.0 Å². The van der Waals surface area contributed by atoms with Crippen LogP contribution in [-0.2, 0) is 6.42 Å². The van der Waals surface area contributed by atoms with Gasteiger partial charge in [-0.1, -0.05) is 70.7 Å². The van der Waals surface area contributed by atoms with Gasteiger partial charge >= 0.3 is 0 Å². The highest BCUT2D eigenvalue weighted by molar-refractivity contribution is 7.09. The van der Waals surface area contributed by atoms with Gasteiger partial charge in [-0.05, 0) is 18.9 Å². The minimum Gasteiger partial charge on any atom is -0.350 e. The molecule has 140 valence electrons. The van der Waals surface area contributed by atoms with Crippen molar-refractivity contribution in [3.63, 3.8) is 0 Å². The zero-order valence-corrected chi connectivity index (χ0v) is 17.9. The zero-order valence-electron chi connectivity index (χ0n) is 14.0. The van der Waals surface area contributed by atoms with Crippen LogP contribution in [0.15, 0.2) is 29.6 Å². The van der Waals surface area contributed by atoms with Gasteiger partial charge in [0.2, 0.25) is 0 Å². The zero-order chi connectivity index (χ0) is 19.6. The van der Waals surface area contributed by atoms with Crippen molar-refractivity contribution in [1.29, 1.82) is 0 Å². The lowest BCUT2D eigenvalue weighted by Crippen LogP contribution is -2.27. The van der Waals surface area contributed by atoms with Crippen molar-refractivity contribution in [1.82, 2.24) is 15.3 Å². The summed E-state index contributed by atoms with van der Waals surface area (Å²) < 4.78 is 0. The molecule has 0 atom stereocenters. The molecule has 9 heteroatoms. The summed E-state index contributed by atoms with van der Waals surface area (Å²) in [6.07, 6.45) is 0.648. The number of thiazole rings is 1. The quantitative estimate of drug-likeness (QED) is 0.468. The number of rotatable bonds is 5. The lowest BCUT2D eigenvalue weighted by atomic mass is 10.1. The summed E-state index contributed by atoms with van der Waals surface area (Å²) in [4.78, 5) is 20.7. The van der Waals surface area contributed by atoms with E-state index in [4.69, 9.17) is 46.4 Å². The largest absolute Gasteiger partial charge is 0.350 e. The van der Waals surface area contributed by atoms with Gasteiger partial charge in [-0.3, -0.25) is 4.79 Å². The predicted molar refractivity (Wildman–Crippen MR) is 113 cm³/mol. The van der Waals surface area contributed by atoms with Gasteiger partial charge in [-0.2, -0.15) is 0 Å². The van der Waals surface area contributed by atoms with Crippen molar-refractivity contribution in [3.05, 3.63) is 66.1 Å². The highest BCUT2D eigenvalue weighted by Crippen LogP contribution is 2.36. The molecule has 0 saturated carbocycles. The van der Waals surface area contributed by atoms with E-state index in [0.717, 1.165) is 21.8 Å². The molecule has 0 unspecified atom stereocenters. The fraction of sp³-hybridized carbons (Fsp3) is 0.167. The van der Waals surface area contributed by atoms with Gasteiger partial charge in [-0.25, -0.2) is 9.97 Å². The molecule has 0 spiro atoms. The fourth-order valence-corrected chi connectivity index (χ4v) is 3.82. The number of amides is 1. The molecule has 0 aliphatic rings. The van der Waals surface area contributed by atoms with Crippen molar-refractivity contribution in [2.45, 2.75) is 13.3 Å². The standard InChI is InChI=1S/C18H13Cl4N3OS/c1-9-24-12(8-27-9)11-4-2-10(3-5-11)6-7-23-18(26)16-14(20)13(19)15(21)17(22)25-16/h2-5,8H,6-7H2,1H3,(H,23,26). The Labute approximate surface area is 180 Å². The van der Waals surface area contributed by atoms with Gasteiger partial charge in [0.25, 0.3) is 5.91 Å². The average molecular weight is 461 g/mol. The SMILES string of the molecule is Cc1nc(-c2ccc(CCNC(=O)c3nc(Cl)c(Cl)c(Cl)c3Cl)cc2)cs1. The monoisotopic (exact) mass is 459 g/mol. The van der Waals surface area contributed by atoms with E-state index in [1.54, 1.807) is 11.3 Å². The van der Waals surface area contributed by atoms with E-state index in [1.807, 2.05) is 36.6 Å². The van der Waals surface area contributed by atoms with Gasteiger partial charge in [0.15, 0.2) is 0 Å². The maximum absolute atomic E-state index is 12.3. The normalized spacial score (nSPS) is 10.9. The Morgan fingerprint density at radius 1 is 1.04 bits per heavy atom. The molecule has 0 fully saturated rings. The molecule has 0 aliphatic heterocycles. The van der Waals surface area contributed by atoms with E-state index in [1.165, 1.54) is 0 Å². The van der Waals surface area contributed by atoms with Crippen molar-refractivity contribution in [2.24, 2.45) is 0 Å². The maximum Gasteiger partial charge on any atom is 0.271 e. The van der Waals surface area contributed by atoms with Gasteiger partial charge < -0.3 is 5.32 Å². The van der Waals surface area contributed by atoms with Crippen molar-refractivity contribution >= 4 is 63.6 Å². The molecule has 1 aromatic carbocycles. The average Bonchev–Trinajstić information content (AvgIpc) is 3.09. The Bertz CT molecular complexity index is 989. The Morgan fingerprint density at radius 3 is 2.37 bits per heavy atom. The minimum atomic E-state index is -0.463. The van der Waals surface area contributed by atoms with E-state index >= 15 is 0 Å². The topological polar surface area (TPSA) is 54.9 Å². The number of hydrogen-bond acceptors (Lipinski definition) is 4. The number of nitrogens with zero attached hydrogens (tertiary/aromatic N) is 2. The summed E-state index contributed by atoms with van der Waals surface area (Å²) >= 11 is 25.3. The molecule has 0 bridgehead atoms. The number of pyridine rings is 1. The summed E-state index contributed by atoms with van der Waals surface area (Å²) in [5.74, 6) is -0.463. The van der Waals surface area contributed by atoms with E-state index in [2.05, 4.69) is 15.3 Å². The Kier molecular flexibility index (Phi) is 6.61. The van der Waals surface area contributed by atoms with E-state index in [9.17, 15) is 4.79 Å². The number of carbonyl (C=O) groups excluding carboxylic acids is 1. The highest BCUT2D eigenvalue weighted by atomic mass is 35.5. The molecule has 2 heterocycles. The second-order valence-corrected chi connectivity index (χ2v) is 8.20. The minimum absolute atomic E-state index is 0.0105. The molecular weight excluding hydrogens is 448 g/mol. The number of halogens is 4. The molecule has 2 aromatic heterocycles. The molecule has 3 rings (SSSR count). The molecule has 27 heavy (non-hydrogen) atoms. The van der Waals surface area contributed by atoms with Crippen LogP contribution in [0.5, 0.6) is 0 Å². The molecule has 0 saturated heterocycles. The van der Waals surface area contributed by atoms with Crippen LogP contribution in [-0.4, -0.2) is 22.4 Å². The number of nitrogens with one attached hydrogen (secondary N) is 1. The van der Waals surface area contributed by atoms with Crippen LogP contribution < -0.4 is 5.32 Å². The van der Waals surface area contributed by atoms with Crippen LogP contribution in [0.1, 0.15) is 21.1 Å². The predicted octanol–water partition coefficient (Wildman–Crippen LogP) is 6.10. The summed E-state index contributed by atoms with van der Waals surface area (Å²) in [6.45, 7) is 2.39. The van der Waals surface area contributed by atoms with Crippen LogP contribution in [0, 0.1) is 6.92 Å². The molecule has 0 radical (unpaired) electrons. The maximum atomic E-state index is 12.3. The summed E-state index contributed by atoms with van der Waals surface area (Å²) in [5, 5.41) is 5.77. The molecule has 1 N–H and O–H groups in total. The van der Waals surface area contributed by atoms with Crippen LogP contribution in [0.4, 0.5) is 0 Å². The Balaban J connectivity index is 1.61. The smallest absolute Gasteiger partial charge is 0.271 e. The first kappa shape index (κ1) is 20.4. The fourth-order valence-electron chi connectivity index (χ4n) is 2.38. The molecule has 4 nitrogen and oxygen atoms in total. The lowest BCUT2D eigenvalue weighted by molar-refractivity contribution is 0.0949. The molecule has 3 aromatic rings. The molecular formula is C18H13Cl4N3OS. The number of aromatic nitrogens is 2. The second kappa shape index (κ2) is 8.76. The van der Waals surface area contributed by atoms with Gasteiger partial charge in [0.1, 0.15) is 10.8 Å². The first-order valence-electron chi connectivity index (χ1n) is 7.86. The third-order valence-electron chi connectivity index (χ3n) is 3.77. The number of carbonyl (C=O) groups is 1. The third-order valence-corrected chi connectivity index (χ3v) is 6.22. The summed E-state index contributed by atoms with van der Waals surface area (Å²) in [5.41, 5.74) is 3.06. The molecule has 1 amide bonds. The first-order valence-corrected chi connectivity index (χ1v) is 10.3. The number of hydrogen-bond donors (Lipinski definition) is 1. The summed E-state index contributed by atoms with van der Waals surface area (Å²) in [7, 11) is 0.